The van der Waals surface area contributed by atoms with Crippen LogP contribution in [0.5, 0.6) is 0 Å². The fourth-order valence-corrected chi connectivity index (χ4v) is 3.33. The second-order valence-electron chi connectivity index (χ2n) is 6.67. The summed E-state index contributed by atoms with van der Waals surface area (Å²) in [5, 5.41) is 3.75. The predicted molar refractivity (Wildman–Crippen MR) is 103 cm³/mol. The Bertz CT molecular complexity index is 676. The second-order valence-corrected chi connectivity index (χ2v) is 7.10. The van der Waals surface area contributed by atoms with E-state index in [1.165, 1.54) is 37.1 Å². The molecule has 1 saturated heterocycles. The first kappa shape index (κ1) is 18.0. The van der Waals surface area contributed by atoms with Crippen LogP contribution in [0.4, 0.5) is 0 Å². The second kappa shape index (κ2) is 9.02. The smallest absolute Gasteiger partial charge is 0.251 e. The lowest BCUT2D eigenvalue weighted by Crippen LogP contribution is -2.25. The van der Waals surface area contributed by atoms with Crippen molar-refractivity contribution in [2.75, 3.05) is 19.6 Å². The van der Waals surface area contributed by atoms with E-state index in [2.05, 4.69) is 22.3 Å². The Morgan fingerprint density at radius 3 is 2.28 bits per heavy atom. The first-order valence-corrected chi connectivity index (χ1v) is 9.42. The standard InChI is InChI=1S/C21H25ClN2O/c22-20-11-7-17(8-12-20)4-3-13-23-21(25)19-9-5-18(6-10-19)16-24-14-1-2-15-24/h5-12H,1-4,13-16H2,(H,23,25). The van der Waals surface area contributed by atoms with Gasteiger partial charge in [-0.25, -0.2) is 0 Å². The van der Waals surface area contributed by atoms with Crippen LogP contribution in [-0.4, -0.2) is 30.4 Å². The number of nitrogens with zero attached hydrogens (tertiary/aromatic N) is 1. The highest BCUT2D eigenvalue weighted by molar-refractivity contribution is 6.30. The van der Waals surface area contributed by atoms with Gasteiger partial charge in [-0.05, 0) is 74.2 Å². The van der Waals surface area contributed by atoms with Crippen LogP contribution in [0.15, 0.2) is 48.5 Å². The van der Waals surface area contributed by atoms with Gasteiger partial charge in [0.05, 0.1) is 0 Å². The van der Waals surface area contributed by atoms with Gasteiger partial charge in [-0.3, -0.25) is 9.69 Å². The van der Waals surface area contributed by atoms with Crippen molar-refractivity contribution in [2.24, 2.45) is 0 Å². The van der Waals surface area contributed by atoms with Gasteiger partial charge >= 0.3 is 0 Å². The summed E-state index contributed by atoms with van der Waals surface area (Å²) in [5.74, 6) is 0.00355. The van der Waals surface area contributed by atoms with Crippen LogP contribution in [0, 0.1) is 0 Å². The topological polar surface area (TPSA) is 32.3 Å². The third-order valence-electron chi connectivity index (χ3n) is 4.66. The zero-order valence-electron chi connectivity index (χ0n) is 14.5. The molecule has 4 heteroatoms. The lowest BCUT2D eigenvalue weighted by molar-refractivity contribution is 0.0953. The first-order valence-electron chi connectivity index (χ1n) is 9.05. The Labute approximate surface area is 155 Å². The van der Waals surface area contributed by atoms with Crippen molar-refractivity contribution in [1.82, 2.24) is 10.2 Å². The predicted octanol–water partition coefficient (Wildman–Crippen LogP) is 4.30. The Kier molecular flexibility index (Phi) is 6.48. The molecule has 1 heterocycles. The largest absolute Gasteiger partial charge is 0.352 e. The summed E-state index contributed by atoms with van der Waals surface area (Å²) in [4.78, 5) is 14.7. The fraction of sp³-hybridized carbons (Fsp3) is 0.381. The normalized spacial score (nSPS) is 14.6. The monoisotopic (exact) mass is 356 g/mol. The third-order valence-corrected chi connectivity index (χ3v) is 4.91. The van der Waals surface area contributed by atoms with Crippen LogP contribution in [0.25, 0.3) is 0 Å². The number of amides is 1. The van der Waals surface area contributed by atoms with E-state index in [4.69, 9.17) is 11.6 Å². The number of hydrogen-bond acceptors (Lipinski definition) is 2. The molecule has 2 aromatic carbocycles. The van der Waals surface area contributed by atoms with E-state index >= 15 is 0 Å². The number of carbonyl (C=O) groups is 1. The Morgan fingerprint density at radius 2 is 1.60 bits per heavy atom. The van der Waals surface area contributed by atoms with Crippen molar-refractivity contribution in [1.29, 1.82) is 0 Å². The Balaban J connectivity index is 1.40. The maximum atomic E-state index is 12.2. The summed E-state index contributed by atoms with van der Waals surface area (Å²) in [7, 11) is 0. The number of rotatable bonds is 7. The highest BCUT2D eigenvalue weighted by Gasteiger charge is 2.12. The van der Waals surface area contributed by atoms with Crippen molar-refractivity contribution in [2.45, 2.75) is 32.2 Å². The molecule has 0 unspecified atom stereocenters. The average molecular weight is 357 g/mol. The van der Waals surface area contributed by atoms with Crippen LogP contribution >= 0.6 is 11.6 Å². The molecule has 0 radical (unpaired) electrons. The van der Waals surface area contributed by atoms with E-state index in [1.807, 2.05) is 36.4 Å². The van der Waals surface area contributed by atoms with Crippen LogP contribution in [-0.2, 0) is 13.0 Å². The van der Waals surface area contributed by atoms with E-state index in [9.17, 15) is 4.79 Å². The molecule has 25 heavy (non-hydrogen) atoms. The third kappa shape index (κ3) is 5.58. The molecule has 0 saturated carbocycles. The van der Waals surface area contributed by atoms with Gasteiger partial charge in [-0.1, -0.05) is 35.9 Å². The van der Waals surface area contributed by atoms with Gasteiger partial charge < -0.3 is 5.32 Å². The van der Waals surface area contributed by atoms with Crippen molar-refractivity contribution < 1.29 is 4.79 Å². The molecule has 0 aromatic heterocycles. The van der Waals surface area contributed by atoms with Gasteiger partial charge in [0, 0.05) is 23.7 Å². The van der Waals surface area contributed by atoms with Crippen LogP contribution in [0.3, 0.4) is 0 Å². The summed E-state index contributed by atoms with van der Waals surface area (Å²) in [5.41, 5.74) is 3.25. The zero-order chi connectivity index (χ0) is 17.5. The maximum Gasteiger partial charge on any atom is 0.251 e. The maximum absolute atomic E-state index is 12.2. The van der Waals surface area contributed by atoms with Gasteiger partial charge in [0.2, 0.25) is 0 Å². The number of carbonyl (C=O) groups excluding carboxylic acids is 1. The highest BCUT2D eigenvalue weighted by atomic mass is 35.5. The molecular formula is C21H25ClN2O. The molecule has 1 aliphatic rings. The van der Waals surface area contributed by atoms with Gasteiger partial charge in [0.25, 0.3) is 5.91 Å². The molecule has 1 aliphatic heterocycles. The molecular weight excluding hydrogens is 332 g/mol. The number of benzene rings is 2. The van der Waals surface area contributed by atoms with E-state index in [0.717, 1.165) is 30.0 Å². The molecule has 1 amide bonds. The summed E-state index contributed by atoms with van der Waals surface area (Å²) in [6, 6.07) is 15.9. The van der Waals surface area contributed by atoms with Crippen molar-refractivity contribution in [3.63, 3.8) is 0 Å². The minimum absolute atomic E-state index is 0.00355. The fourth-order valence-electron chi connectivity index (χ4n) is 3.21. The van der Waals surface area contributed by atoms with Gasteiger partial charge in [-0.2, -0.15) is 0 Å². The number of halogens is 1. The lowest BCUT2D eigenvalue weighted by Gasteiger charge is -2.14. The molecule has 0 bridgehead atoms. The molecule has 1 fully saturated rings. The molecule has 3 nitrogen and oxygen atoms in total. The Hall–Kier alpha value is -1.84. The average Bonchev–Trinajstić information content (AvgIpc) is 3.14. The van der Waals surface area contributed by atoms with Gasteiger partial charge in [0.15, 0.2) is 0 Å². The quantitative estimate of drug-likeness (QED) is 0.750. The summed E-state index contributed by atoms with van der Waals surface area (Å²) in [6.45, 7) is 4.05. The van der Waals surface area contributed by atoms with Crippen molar-refractivity contribution >= 4 is 17.5 Å². The molecule has 0 aliphatic carbocycles. The first-order chi connectivity index (χ1) is 12.2. The zero-order valence-corrected chi connectivity index (χ0v) is 15.3. The minimum Gasteiger partial charge on any atom is -0.352 e. The number of aryl methyl sites for hydroxylation is 1. The molecule has 132 valence electrons. The summed E-state index contributed by atoms with van der Waals surface area (Å²) < 4.78 is 0. The highest BCUT2D eigenvalue weighted by Crippen LogP contribution is 2.13. The SMILES string of the molecule is O=C(NCCCc1ccc(Cl)cc1)c1ccc(CN2CCCC2)cc1. The van der Waals surface area contributed by atoms with Crippen LogP contribution < -0.4 is 5.32 Å². The molecule has 1 N–H and O–H groups in total. The number of hydrogen-bond donors (Lipinski definition) is 1. The van der Waals surface area contributed by atoms with Crippen molar-refractivity contribution in [3.8, 4) is 0 Å². The molecule has 2 aromatic rings. The van der Waals surface area contributed by atoms with Gasteiger partial charge in [-0.15, -0.1) is 0 Å². The van der Waals surface area contributed by atoms with E-state index in [-0.39, 0.29) is 5.91 Å². The van der Waals surface area contributed by atoms with E-state index < -0.39 is 0 Å². The Morgan fingerprint density at radius 1 is 0.960 bits per heavy atom. The molecule has 3 rings (SSSR count). The van der Waals surface area contributed by atoms with Crippen molar-refractivity contribution in [3.05, 3.63) is 70.2 Å². The summed E-state index contributed by atoms with van der Waals surface area (Å²) in [6.07, 6.45) is 4.46. The van der Waals surface area contributed by atoms with Crippen LogP contribution in [0.1, 0.15) is 40.7 Å². The molecule has 0 spiro atoms. The summed E-state index contributed by atoms with van der Waals surface area (Å²) >= 11 is 5.88. The van der Waals surface area contributed by atoms with E-state index in [1.54, 1.807) is 0 Å². The number of nitrogens with one attached hydrogen (secondary N) is 1. The molecule has 0 atom stereocenters. The minimum atomic E-state index is 0.00355. The van der Waals surface area contributed by atoms with E-state index in [0.29, 0.717) is 6.54 Å². The van der Waals surface area contributed by atoms with Crippen LogP contribution in [0.2, 0.25) is 5.02 Å². The number of likely N-dealkylation sites (tertiary alicyclic amines) is 1. The van der Waals surface area contributed by atoms with Gasteiger partial charge in [0.1, 0.15) is 0 Å². The lowest BCUT2D eigenvalue weighted by atomic mass is 10.1.